The van der Waals surface area contributed by atoms with Crippen molar-refractivity contribution in [2.24, 2.45) is 10.3 Å². The topological polar surface area (TPSA) is 70.8 Å². The van der Waals surface area contributed by atoms with E-state index in [1.807, 2.05) is 12.1 Å². The smallest absolute Gasteiger partial charge is 0.791 e. The molecule has 0 saturated heterocycles. The Bertz CT molecular complexity index is 568. The van der Waals surface area contributed by atoms with Gasteiger partial charge in [0.25, 0.3) is 0 Å². The molecule has 0 aliphatic heterocycles. The summed E-state index contributed by atoms with van der Waals surface area (Å²) in [5.41, 5.74) is 1.26. The Morgan fingerprint density at radius 2 is 0.963 bits per heavy atom. The van der Waals surface area contributed by atoms with Gasteiger partial charge in [0.05, 0.1) is 11.4 Å². The monoisotopic (exact) mass is 472 g/mol. The molecule has 27 heavy (non-hydrogen) atoms. The third-order valence-electron chi connectivity index (χ3n) is 3.21. The fourth-order valence-electron chi connectivity index (χ4n) is 1.66. The molecule has 0 amide bonds. The van der Waals surface area contributed by atoms with Crippen LogP contribution in [-0.2, 0) is 0 Å². The summed E-state index contributed by atoms with van der Waals surface area (Å²) in [6, 6.07) is 17.6. The van der Waals surface area contributed by atoms with Crippen molar-refractivity contribution >= 4 is 35.3 Å². The standard InChI is InChI=1S/C14H12N2O2.2C4H9.Sn/c17-15-13(11-7-3-1-4-8-11)14(16-18)12-9-5-2-6-10-12;2*1-3-4-2;/h1-10,17-18H;2*1,3-4H2,2H3;/q;;;+2/p-2/b15-13+,16-14+;;;. The number of unbranched alkanes of at least 4 members (excludes halogenated alkanes) is 2. The molecule has 0 atom stereocenters. The first-order chi connectivity index (χ1) is 12.7. The zero-order valence-electron chi connectivity index (χ0n) is 16.2. The van der Waals surface area contributed by atoms with Crippen LogP contribution in [0, 0.1) is 24.3 Å². The summed E-state index contributed by atoms with van der Waals surface area (Å²) in [5.74, 6) is 0. The SMILES string of the molecule is [CH2]CCC.[CH2]CCC.[O-]/N=C(/C(=N/[O-])c1ccccc1)c1ccccc1.[Sn+2]. The maximum atomic E-state index is 11.0. The van der Waals surface area contributed by atoms with Crippen LogP contribution in [0.1, 0.15) is 50.7 Å². The van der Waals surface area contributed by atoms with E-state index in [2.05, 4.69) is 38.0 Å². The molecule has 4 radical (unpaired) electrons. The van der Waals surface area contributed by atoms with Gasteiger partial charge in [0.1, 0.15) is 0 Å². The Hall–Kier alpha value is -1.82. The van der Waals surface area contributed by atoms with Crippen LogP contribution in [0.3, 0.4) is 0 Å². The second-order valence-corrected chi connectivity index (χ2v) is 5.32. The fourth-order valence-corrected chi connectivity index (χ4v) is 1.66. The number of benzene rings is 2. The Morgan fingerprint density at radius 3 is 1.15 bits per heavy atom. The minimum atomic E-state index is 0. The van der Waals surface area contributed by atoms with Gasteiger partial charge in [-0.2, -0.15) is 0 Å². The summed E-state index contributed by atoms with van der Waals surface area (Å²) in [5, 5.41) is 27.8. The summed E-state index contributed by atoms with van der Waals surface area (Å²) >= 11 is 0. The number of nitrogens with zero attached hydrogens (tertiary/aromatic N) is 2. The molecule has 5 heteroatoms. The summed E-state index contributed by atoms with van der Waals surface area (Å²) < 4.78 is 0. The first-order valence-corrected chi connectivity index (χ1v) is 8.80. The average Bonchev–Trinajstić information content (AvgIpc) is 2.73. The fraction of sp³-hybridized carbons (Fsp3) is 0.273. The van der Waals surface area contributed by atoms with Crippen molar-refractivity contribution in [1.82, 2.24) is 0 Å². The minimum Gasteiger partial charge on any atom is -0.791 e. The molecule has 0 heterocycles. The van der Waals surface area contributed by atoms with Crippen LogP contribution < -0.4 is 0 Å². The maximum absolute atomic E-state index is 11.0. The Balaban J connectivity index is 0. The van der Waals surface area contributed by atoms with E-state index in [1.165, 1.54) is 12.8 Å². The molecule has 0 spiro atoms. The van der Waals surface area contributed by atoms with E-state index >= 15 is 0 Å². The van der Waals surface area contributed by atoms with Gasteiger partial charge in [-0.3, -0.25) is 0 Å². The van der Waals surface area contributed by atoms with Gasteiger partial charge >= 0.3 is 23.9 Å². The van der Waals surface area contributed by atoms with Gasteiger partial charge in [-0.25, -0.2) is 0 Å². The molecule has 0 saturated carbocycles. The van der Waals surface area contributed by atoms with E-state index in [9.17, 15) is 10.4 Å². The summed E-state index contributed by atoms with van der Waals surface area (Å²) in [6.07, 6.45) is 4.56. The first kappa shape index (κ1) is 27.4. The second-order valence-electron chi connectivity index (χ2n) is 5.32. The summed E-state index contributed by atoms with van der Waals surface area (Å²) in [6.45, 7) is 11.4. The van der Waals surface area contributed by atoms with Crippen molar-refractivity contribution in [2.75, 3.05) is 0 Å². The van der Waals surface area contributed by atoms with Gasteiger partial charge in [0.15, 0.2) is 0 Å². The zero-order valence-corrected chi connectivity index (χ0v) is 19.1. The predicted octanol–water partition coefficient (Wildman–Crippen LogP) is 5.82. The largest absolute Gasteiger partial charge is 2.00 e. The molecule has 0 aromatic heterocycles. The van der Waals surface area contributed by atoms with Gasteiger partial charge in [0.2, 0.25) is 0 Å². The van der Waals surface area contributed by atoms with Crippen molar-refractivity contribution in [3.63, 3.8) is 0 Å². The van der Waals surface area contributed by atoms with Crippen LogP contribution in [0.15, 0.2) is 71.0 Å². The van der Waals surface area contributed by atoms with Crippen molar-refractivity contribution in [2.45, 2.75) is 39.5 Å². The van der Waals surface area contributed by atoms with Crippen LogP contribution in [0.25, 0.3) is 0 Å². The molecule has 4 nitrogen and oxygen atoms in total. The quantitative estimate of drug-likeness (QED) is 0.313. The van der Waals surface area contributed by atoms with Crippen LogP contribution in [0.4, 0.5) is 0 Å². The summed E-state index contributed by atoms with van der Waals surface area (Å²) in [4.78, 5) is 0. The Morgan fingerprint density at radius 1 is 0.704 bits per heavy atom. The summed E-state index contributed by atoms with van der Waals surface area (Å²) in [7, 11) is 0. The van der Waals surface area contributed by atoms with Gasteiger partial charge in [-0.15, -0.1) is 0 Å². The zero-order chi connectivity index (χ0) is 19.6. The molecule has 0 unspecified atom stereocenters. The van der Waals surface area contributed by atoms with E-state index in [1.54, 1.807) is 48.5 Å². The average molecular weight is 471 g/mol. The van der Waals surface area contributed by atoms with Crippen molar-refractivity contribution in [3.05, 3.63) is 96.1 Å². The van der Waals surface area contributed by atoms with Gasteiger partial charge in [0, 0.05) is 11.1 Å². The van der Waals surface area contributed by atoms with Crippen LogP contribution in [-0.4, -0.2) is 35.3 Å². The molecule has 0 aliphatic rings. The van der Waals surface area contributed by atoms with Crippen molar-refractivity contribution in [1.29, 1.82) is 0 Å². The Labute approximate surface area is 181 Å². The second kappa shape index (κ2) is 19.0. The molecule has 2 aromatic carbocycles. The first-order valence-electron chi connectivity index (χ1n) is 8.80. The van der Waals surface area contributed by atoms with Crippen LogP contribution >= 0.6 is 0 Å². The van der Waals surface area contributed by atoms with Gasteiger partial charge in [-0.1, -0.05) is 114 Å². The molecule has 0 bridgehead atoms. The van der Waals surface area contributed by atoms with Crippen molar-refractivity contribution in [3.8, 4) is 0 Å². The molecule has 2 aromatic rings. The van der Waals surface area contributed by atoms with Crippen LogP contribution in [0.2, 0.25) is 0 Å². The van der Waals surface area contributed by atoms with Gasteiger partial charge in [-0.05, 0) is 0 Å². The number of hydrogen-bond donors (Lipinski definition) is 0. The van der Waals surface area contributed by atoms with E-state index in [-0.39, 0.29) is 35.3 Å². The van der Waals surface area contributed by atoms with Gasteiger partial charge < -0.3 is 20.7 Å². The van der Waals surface area contributed by atoms with E-state index in [0.29, 0.717) is 11.1 Å². The molecular formula is C22H28N2O2Sn. The molecule has 2 rings (SSSR count). The third-order valence-corrected chi connectivity index (χ3v) is 3.21. The van der Waals surface area contributed by atoms with E-state index in [0.717, 1.165) is 12.8 Å². The predicted molar refractivity (Wildman–Crippen MR) is 119 cm³/mol. The molecular weight excluding hydrogens is 443 g/mol. The number of hydrogen-bond acceptors (Lipinski definition) is 4. The van der Waals surface area contributed by atoms with Crippen LogP contribution in [0.5, 0.6) is 0 Å². The molecule has 142 valence electrons. The maximum Gasteiger partial charge on any atom is 2.00 e. The third kappa shape index (κ3) is 11.5. The minimum absolute atomic E-state index is 0. The molecule has 0 N–H and O–H groups in total. The normalized spacial score (nSPS) is 10.5. The van der Waals surface area contributed by atoms with E-state index < -0.39 is 0 Å². The Kier molecular flexibility index (Phi) is 19.2. The van der Waals surface area contributed by atoms with E-state index in [4.69, 9.17) is 0 Å². The number of rotatable bonds is 5. The van der Waals surface area contributed by atoms with Crippen molar-refractivity contribution < 1.29 is 0 Å². The molecule has 0 aliphatic carbocycles. The molecule has 0 fully saturated rings.